The van der Waals surface area contributed by atoms with Gasteiger partial charge in [0.25, 0.3) is 0 Å². The van der Waals surface area contributed by atoms with Gasteiger partial charge in [-0.3, -0.25) is 0 Å². The van der Waals surface area contributed by atoms with Crippen LogP contribution in [0.4, 0.5) is 23.8 Å². The van der Waals surface area contributed by atoms with E-state index >= 15 is 0 Å². The largest absolute Gasteiger partial charge is 0.405 e. The zero-order chi connectivity index (χ0) is 21.4. The van der Waals surface area contributed by atoms with E-state index in [9.17, 15) is 18.0 Å². The molecule has 1 spiro atoms. The Hall–Kier alpha value is -2.52. The van der Waals surface area contributed by atoms with Crippen molar-refractivity contribution in [3.8, 4) is 0 Å². The minimum absolute atomic E-state index is 0.188. The molecule has 1 saturated heterocycles. The van der Waals surface area contributed by atoms with Crippen LogP contribution in [0, 0.1) is 5.41 Å². The molecule has 1 saturated carbocycles. The van der Waals surface area contributed by atoms with Crippen LogP contribution in [0.3, 0.4) is 0 Å². The van der Waals surface area contributed by atoms with Crippen LogP contribution in [0.5, 0.6) is 0 Å². The first-order valence-electron chi connectivity index (χ1n) is 10.4. The SMILES string of the molecule is CN(c1ncnc2[nH]ccc12)C1CCC2(CC1)CCN(C(=O)NCC(F)(F)F)CC2. The molecular weight excluding hydrogens is 397 g/mol. The zero-order valence-corrected chi connectivity index (χ0v) is 17.0. The molecule has 164 valence electrons. The molecule has 4 rings (SSSR count). The molecule has 2 aromatic heterocycles. The first kappa shape index (κ1) is 20.7. The number of aromatic nitrogens is 3. The Bertz CT molecular complexity index is 880. The molecule has 1 aliphatic carbocycles. The maximum atomic E-state index is 12.3. The van der Waals surface area contributed by atoms with E-state index in [0.717, 1.165) is 55.4 Å². The fourth-order valence-corrected chi connectivity index (χ4v) is 4.89. The average molecular weight is 424 g/mol. The summed E-state index contributed by atoms with van der Waals surface area (Å²) in [5.74, 6) is 0.929. The van der Waals surface area contributed by atoms with Gasteiger partial charge in [-0.1, -0.05) is 0 Å². The number of carbonyl (C=O) groups excluding carboxylic acids is 1. The highest BCUT2D eigenvalue weighted by Gasteiger charge is 2.40. The van der Waals surface area contributed by atoms with Crippen molar-refractivity contribution in [3.05, 3.63) is 18.6 Å². The lowest BCUT2D eigenvalue weighted by atomic mass is 9.67. The molecule has 10 heteroatoms. The van der Waals surface area contributed by atoms with Crippen LogP contribution in [-0.2, 0) is 0 Å². The Labute approximate surface area is 173 Å². The van der Waals surface area contributed by atoms with Crippen LogP contribution in [0.2, 0.25) is 0 Å². The molecule has 1 aliphatic heterocycles. The van der Waals surface area contributed by atoms with Gasteiger partial charge in [-0.05, 0) is 50.0 Å². The highest BCUT2D eigenvalue weighted by atomic mass is 19.4. The highest BCUT2D eigenvalue weighted by Crippen LogP contribution is 2.46. The summed E-state index contributed by atoms with van der Waals surface area (Å²) < 4.78 is 36.9. The number of likely N-dealkylation sites (tertiary alicyclic amines) is 1. The molecule has 0 unspecified atom stereocenters. The number of halogens is 3. The van der Waals surface area contributed by atoms with E-state index in [4.69, 9.17) is 0 Å². The molecule has 0 radical (unpaired) electrons. The van der Waals surface area contributed by atoms with Gasteiger partial charge in [0, 0.05) is 32.4 Å². The number of carbonyl (C=O) groups is 1. The summed E-state index contributed by atoms with van der Waals surface area (Å²) in [4.78, 5) is 27.6. The minimum Gasteiger partial charge on any atom is -0.356 e. The third-order valence-electron chi connectivity index (χ3n) is 6.78. The predicted octanol–water partition coefficient (Wildman–Crippen LogP) is 3.69. The zero-order valence-electron chi connectivity index (χ0n) is 17.0. The number of nitrogens with zero attached hydrogens (tertiary/aromatic N) is 4. The van der Waals surface area contributed by atoms with Crippen molar-refractivity contribution < 1.29 is 18.0 Å². The lowest BCUT2D eigenvalue weighted by Gasteiger charge is -2.47. The molecule has 2 aromatic rings. The summed E-state index contributed by atoms with van der Waals surface area (Å²) in [6, 6.07) is 1.76. The molecular formula is C20H27F3N6O. The second-order valence-corrected chi connectivity index (χ2v) is 8.54. The number of fused-ring (bicyclic) bond motifs is 1. The number of rotatable bonds is 3. The van der Waals surface area contributed by atoms with Crippen LogP contribution in [0.25, 0.3) is 11.0 Å². The fourth-order valence-electron chi connectivity index (χ4n) is 4.89. The first-order valence-corrected chi connectivity index (χ1v) is 10.4. The predicted molar refractivity (Wildman–Crippen MR) is 107 cm³/mol. The van der Waals surface area contributed by atoms with E-state index in [1.54, 1.807) is 6.33 Å². The van der Waals surface area contributed by atoms with Crippen molar-refractivity contribution in [3.63, 3.8) is 0 Å². The molecule has 3 heterocycles. The number of amides is 2. The summed E-state index contributed by atoms with van der Waals surface area (Å²) in [5, 5.41) is 2.99. The van der Waals surface area contributed by atoms with Gasteiger partial charge >= 0.3 is 12.2 Å². The van der Waals surface area contributed by atoms with Crippen LogP contribution in [-0.4, -0.2) is 64.8 Å². The number of alkyl halides is 3. The number of anilines is 1. The van der Waals surface area contributed by atoms with Gasteiger partial charge in [0.15, 0.2) is 0 Å². The van der Waals surface area contributed by atoms with Gasteiger partial charge in [-0.15, -0.1) is 0 Å². The Balaban J connectivity index is 1.31. The molecule has 30 heavy (non-hydrogen) atoms. The molecule has 0 atom stereocenters. The van der Waals surface area contributed by atoms with Gasteiger partial charge in [0.2, 0.25) is 0 Å². The standard InChI is InChI=1S/C20H27F3N6O/c1-28(17-15-4-9-24-16(15)26-13-27-17)14-2-5-19(6-3-14)7-10-29(11-8-19)18(30)25-12-20(21,22)23/h4,9,13-14H,2-3,5-8,10-12H2,1H3,(H,25,30)(H,24,26,27). The maximum Gasteiger partial charge on any atom is 0.405 e. The third-order valence-corrected chi connectivity index (χ3v) is 6.78. The van der Waals surface area contributed by atoms with E-state index in [1.807, 2.05) is 17.6 Å². The minimum atomic E-state index is -4.38. The number of piperidine rings is 1. The van der Waals surface area contributed by atoms with E-state index in [2.05, 4.69) is 26.9 Å². The van der Waals surface area contributed by atoms with Crippen LogP contribution >= 0.6 is 0 Å². The number of hydrogen-bond donors (Lipinski definition) is 2. The quantitative estimate of drug-likeness (QED) is 0.788. The van der Waals surface area contributed by atoms with Crippen LogP contribution in [0.1, 0.15) is 38.5 Å². The van der Waals surface area contributed by atoms with Gasteiger partial charge in [-0.2, -0.15) is 13.2 Å². The smallest absolute Gasteiger partial charge is 0.356 e. The molecule has 2 N–H and O–H groups in total. The summed E-state index contributed by atoms with van der Waals surface area (Å²) in [7, 11) is 2.07. The van der Waals surface area contributed by atoms with Crippen LogP contribution < -0.4 is 10.2 Å². The van der Waals surface area contributed by atoms with E-state index < -0.39 is 18.8 Å². The Morgan fingerprint density at radius 3 is 2.63 bits per heavy atom. The van der Waals surface area contributed by atoms with Crippen molar-refractivity contribution in [1.82, 2.24) is 25.2 Å². The van der Waals surface area contributed by atoms with Gasteiger partial charge in [0.05, 0.1) is 5.39 Å². The third kappa shape index (κ3) is 4.32. The molecule has 2 aliphatic rings. The molecule has 2 amide bonds. The van der Waals surface area contributed by atoms with Crippen molar-refractivity contribution in [1.29, 1.82) is 0 Å². The fraction of sp³-hybridized carbons (Fsp3) is 0.650. The van der Waals surface area contributed by atoms with Crippen molar-refractivity contribution in [2.45, 2.75) is 50.7 Å². The van der Waals surface area contributed by atoms with Gasteiger partial charge in [0.1, 0.15) is 24.3 Å². The summed E-state index contributed by atoms with van der Waals surface area (Å²) in [5.41, 5.74) is 1.02. The van der Waals surface area contributed by atoms with E-state index in [0.29, 0.717) is 19.1 Å². The van der Waals surface area contributed by atoms with Gasteiger partial charge in [-0.25, -0.2) is 14.8 Å². The topological polar surface area (TPSA) is 77.2 Å². The molecule has 2 fully saturated rings. The van der Waals surface area contributed by atoms with Crippen molar-refractivity contribution in [2.24, 2.45) is 5.41 Å². The molecule has 0 aromatic carbocycles. The number of aromatic amines is 1. The first-order chi connectivity index (χ1) is 14.3. The molecule has 0 bridgehead atoms. The van der Waals surface area contributed by atoms with E-state index in [1.165, 1.54) is 4.90 Å². The van der Waals surface area contributed by atoms with Crippen LogP contribution in [0.15, 0.2) is 18.6 Å². The Morgan fingerprint density at radius 2 is 1.97 bits per heavy atom. The summed E-state index contributed by atoms with van der Waals surface area (Å²) >= 11 is 0. The number of hydrogen-bond acceptors (Lipinski definition) is 4. The monoisotopic (exact) mass is 424 g/mol. The maximum absolute atomic E-state index is 12.3. The van der Waals surface area contributed by atoms with Crippen molar-refractivity contribution in [2.75, 3.05) is 31.6 Å². The number of nitrogens with one attached hydrogen (secondary N) is 2. The summed E-state index contributed by atoms with van der Waals surface area (Å²) in [6.45, 7) is -0.251. The van der Waals surface area contributed by atoms with E-state index in [-0.39, 0.29) is 5.41 Å². The number of H-pyrrole nitrogens is 1. The average Bonchev–Trinajstić information content (AvgIpc) is 3.21. The second-order valence-electron chi connectivity index (χ2n) is 8.54. The second kappa shape index (κ2) is 7.96. The summed E-state index contributed by atoms with van der Waals surface area (Å²) in [6.07, 6.45) is 4.94. The lowest BCUT2D eigenvalue weighted by molar-refractivity contribution is -0.123. The number of urea groups is 1. The lowest BCUT2D eigenvalue weighted by Crippen LogP contribution is -2.50. The normalized spacial score (nSPS) is 19.9. The van der Waals surface area contributed by atoms with Crippen molar-refractivity contribution >= 4 is 22.9 Å². The van der Waals surface area contributed by atoms with Gasteiger partial charge < -0.3 is 20.1 Å². The Morgan fingerprint density at radius 1 is 1.27 bits per heavy atom. The molecule has 7 nitrogen and oxygen atoms in total. The highest BCUT2D eigenvalue weighted by molar-refractivity contribution is 5.87. The Kier molecular flexibility index (Phi) is 5.50.